The van der Waals surface area contributed by atoms with Gasteiger partial charge in [-0.3, -0.25) is 0 Å². The number of nitrogens with zero attached hydrogens (tertiary/aromatic N) is 2. The van der Waals surface area contributed by atoms with Crippen molar-refractivity contribution in [2.45, 2.75) is 33.4 Å². The first kappa shape index (κ1) is 16.2. The Morgan fingerprint density at radius 2 is 2.19 bits per heavy atom. The summed E-state index contributed by atoms with van der Waals surface area (Å²) >= 11 is 0. The van der Waals surface area contributed by atoms with Crippen LogP contribution in [0.1, 0.15) is 26.3 Å². The standard InChI is InChI=1S/C15H25N3O2S/c1-12(2)8-16-9-14-4-5-15(17-10-14)18-6-7-21(19,20)11-13(18)3/h4-5,10,12-13,16H,6-9,11H2,1-3H3. The molecule has 1 saturated heterocycles. The van der Waals surface area contributed by atoms with Gasteiger partial charge in [0.05, 0.1) is 11.5 Å². The molecule has 1 aromatic rings. The van der Waals surface area contributed by atoms with Crippen molar-refractivity contribution in [2.24, 2.45) is 5.92 Å². The molecule has 1 aliphatic heterocycles. The Morgan fingerprint density at radius 3 is 2.76 bits per heavy atom. The van der Waals surface area contributed by atoms with E-state index >= 15 is 0 Å². The maximum absolute atomic E-state index is 11.6. The van der Waals surface area contributed by atoms with Gasteiger partial charge in [-0.15, -0.1) is 0 Å². The van der Waals surface area contributed by atoms with Crippen molar-refractivity contribution in [2.75, 3.05) is 29.5 Å². The van der Waals surface area contributed by atoms with Crippen LogP contribution in [0.5, 0.6) is 0 Å². The molecule has 21 heavy (non-hydrogen) atoms. The Bertz CT molecular complexity index is 555. The first-order valence-electron chi connectivity index (χ1n) is 7.50. The van der Waals surface area contributed by atoms with Crippen molar-refractivity contribution in [3.63, 3.8) is 0 Å². The maximum atomic E-state index is 11.6. The molecule has 6 heteroatoms. The Kier molecular flexibility index (Phi) is 5.22. The number of anilines is 1. The van der Waals surface area contributed by atoms with E-state index in [2.05, 4.69) is 35.1 Å². The number of aromatic nitrogens is 1. The molecule has 0 radical (unpaired) electrons. The zero-order valence-electron chi connectivity index (χ0n) is 13.0. The predicted octanol–water partition coefficient (Wildman–Crippen LogP) is 1.45. The second-order valence-electron chi connectivity index (χ2n) is 6.21. The summed E-state index contributed by atoms with van der Waals surface area (Å²) < 4.78 is 23.2. The van der Waals surface area contributed by atoms with Crippen molar-refractivity contribution in [3.05, 3.63) is 23.9 Å². The van der Waals surface area contributed by atoms with E-state index in [1.165, 1.54) is 0 Å². The lowest BCUT2D eigenvalue weighted by Gasteiger charge is -2.34. The summed E-state index contributed by atoms with van der Waals surface area (Å²) in [6.45, 7) is 8.64. The molecule has 1 atom stereocenters. The minimum Gasteiger partial charge on any atom is -0.352 e. The number of rotatable bonds is 5. The SMILES string of the molecule is CC(C)CNCc1ccc(N2CCS(=O)(=O)CC2C)nc1. The molecular weight excluding hydrogens is 286 g/mol. The van der Waals surface area contributed by atoms with Crippen LogP contribution in [0.4, 0.5) is 5.82 Å². The highest BCUT2D eigenvalue weighted by Crippen LogP contribution is 2.19. The van der Waals surface area contributed by atoms with Crippen LogP contribution in [0, 0.1) is 5.92 Å². The smallest absolute Gasteiger partial charge is 0.154 e. The lowest BCUT2D eigenvalue weighted by Crippen LogP contribution is -2.47. The molecule has 1 fully saturated rings. The number of sulfone groups is 1. The van der Waals surface area contributed by atoms with Crippen LogP contribution in [0.25, 0.3) is 0 Å². The van der Waals surface area contributed by atoms with Crippen LogP contribution < -0.4 is 10.2 Å². The first-order chi connectivity index (χ1) is 9.87. The minimum atomic E-state index is -2.88. The van der Waals surface area contributed by atoms with Gasteiger partial charge in [0.2, 0.25) is 0 Å². The number of pyridine rings is 1. The van der Waals surface area contributed by atoms with Gasteiger partial charge in [0.25, 0.3) is 0 Å². The number of hydrogen-bond donors (Lipinski definition) is 1. The Morgan fingerprint density at radius 1 is 1.43 bits per heavy atom. The topological polar surface area (TPSA) is 62.3 Å². The lowest BCUT2D eigenvalue weighted by molar-refractivity contribution is 0.551. The molecule has 1 aliphatic rings. The summed E-state index contributed by atoms with van der Waals surface area (Å²) in [6, 6.07) is 4.04. The molecule has 1 unspecified atom stereocenters. The van der Waals surface area contributed by atoms with Crippen LogP contribution in [-0.4, -0.2) is 44.0 Å². The average Bonchev–Trinajstić information content (AvgIpc) is 2.38. The molecular formula is C15H25N3O2S. The van der Waals surface area contributed by atoms with E-state index in [1.807, 2.05) is 19.2 Å². The van der Waals surface area contributed by atoms with Crippen LogP contribution in [0.15, 0.2) is 18.3 Å². The monoisotopic (exact) mass is 311 g/mol. The van der Waals surface area contributed by atoms with Crippen molar-refractivity contribution < 1.29 is 8.42 Å². The zero-order valence-corrected chi connectivity index (χ0v) is 13.9. The molecule has 0 aliphatic carbocycles. The van der Waals surface area contributed by atoms with Gasteiger partial charge < -0.3 is 10.2 Å². The molecule has 1 N–H and O–H groups in total. The molecule has 2 heterocycles. The van der Waals surface area contributed by atoms with E-state index in [4.69, 9.17) is 0 Å². The lowest BCUT2D eigenvalue weighted by atomic mass is 10.2. The fourth-order valence-electron chi connectivity index (χ4n) is 2.54. The Labute approximate surface area is 127 Å². The summed E-state index contributed by atoms with van der Waals surface area (Å²) in [5.41, 5.74) is 1.15. The molecule has 0 spiro atoms. The van der Waals surface area contributed by atoms with Gasteiger partial charge in [-0.2, -0.15) is 0 Å². The van der Waals surface area contributed by atoms with Gasteiger partial charge in [0, 0.05) is 25.3 Å². The van der Waals surface area contributed by atoms with Gasteiger partial charge >= 0.3 is 0 Å². The van der Waals surface area contributed by atoms with E-state index in [0.29, 0.717) is 12.5 Å². The molecule has 2 rings (SSSR count). The van der Waals surface area contributed by atoms with Crippen molar-refractivity contribution in [1.29, 1.82) is 0 Å². The highest BCUT2D eigenvalue weighted by Gasteiger charge is 2.28. The van der Waals surface area contributed by atoms with E-state index in [9.17, 15) is 8.42 Å². The van der Waals surface area contributed by atoms with Crippen LogP contribution in [0.3, 0.4) is 0 Å². The fraction of sp³-hybridized carbons (Fsp3) is 0.667. The van der Waals surface area contributed by atoms with E-state index in [0.717, 1.165) is 24.5 Å². The van der Waals surface area contributed by atoms with E-state index in [-0.39, 0.29) is 17.5 Å². The molecule has 118 valence electrons. The Balaban J connectivity index is 1.96. The highest BCUT2D eigenvalue weighted by molar-refractivity contribution is 7.91. The van der Waals surface area contributed by atoms with Gasteiger partial charge in [-0.1, -0.05) is 19.9 Å². The summed E-state index contributed by atoms with van der Waals surface area (Å²) in [6.07, 6.45) is 1.87. The average molecular weight is 311 g/mol. The summed E-state index contributed by atoms with van der Waals surface area (Å²) in [5, 5.41) is 3.39. The van der Waals surface area contributed by atoms with Gasteiger partial charge in [0.15, 0.2) is 9.84 Å². The molecule has 1 aromatic heterocycles. The zero-order chi connectivity index (χ0) is 15.5. The molecule has 5 nitrogen and oxygen atoms in total. The molecule has 0 saturated carbocycles. The number of nitrogens with one attached hydrogen (secondary N) is 1. The third-order valence-corrected chi connectivity index (χ3v) is 5.45. The maximum Gasteiger partial charge on any atom is 0.154 e. The van der Waals surface area contributed by atoms with Gasteiger partial charge in [0.1, 0.15) is 5.82 Å². The van der Waals surface area contributed by atoms with Crippen molar-refractivity contribution >= 4 is 15.7 Å². The quantitative estimate of drug-likeness (QED) is 0.892. The fourth-order valence-corrected chi connectivity index (χ4v) is 4.09. The van der Waals surface area contributed by atoms with Crippen LogP contribution in [-0.2, 0) is 16.4 Å². The van der Waals surface area contributed by atoms with Crippen molar-refractivity contribution in [3.8, 4) is 0 Å². The second-order valence-corrected chi connectivity index (χ2v) is 8.43. The van der Waals surface area contributed by atoms with Crippen LogP contribution >= 0.6 is 0 Å². The van der Waals surface area contributed by atoms with Crippen molar-refractivity contribution in [1.82, 2.24) is 10.3 Å². The van der Waals surface area contributed by atoms with Gasteiger partial charge in [-0.05, 0) is 31.0 Å². The summed E-state index contributed by atoms with van der Waals surface area (Å²) in [7, 11) is -2.88. The Hall–Kier alpha value is -1.14. The third-order valence-electron chi connectivity index (χ3n) is 3.66. The molecule has 0 aromatic carbocycles. The van der Waals surface area contributed by atoms with E-state index in [1.54, 1.807) is 0 Å². The van der Waals surface area contributed by atoms with Crippen LogP contribution in [0.2, 0.25) is 0 Å². The third kappa shape index (κ3) is 4.68. The van der Waals surface area contributed by atoms with Gasteiger partial charge in [-0.25, -0.2) is 13.4 Å². The second kappa shape index (κ2) is 6.75. The number of hydrogen-bond acceptors (Lipinski definition) is 5. The summed E-state index contributed by atoms with van der Waals surface area (Å²) in [4.78, 5) is 6.57. The predicted molar refractivity (Wildman–Crippen MR) is 86.2 cm³/mol. The molecule has 0 bridgehead atoms. The molecule has 0 amide bonds. The minimum absolute atomic E-state index is 0.0128. The largest absolute Gasteiger partial charge is 0.352 e. The normalized spacial score (nSPS) is 21.7. The first-order valence-corrected chi connectivity index (χ1v) is 9.32. The highest BCUT2D eigenvalue weighted by atomic mass is 32.2. The van der Waals surface area contributed by atoms with E-state index < -0.39 is 9.84 Å². The summed E-state index contributed by atoms with van der Waals surface area (Å²) in [5.74, 6) is 1.93.